The SMILES string of the molecule is COc1cc(F)c(N(C)C(C)CN)cc1F. The first kappa shape index (κ1) is 12.7. The molecule has 90 valence electrons. The number of likely N-dealkylation sites (N-methyl/N-ethyl adjacent to an activating group) is 1. The van der Waals surface area contributed by atoms with Crippen molar-refractivity contribution in [3.63, 3.8) is 0 Å². The van der Waals surface area contributed by atoms with E-state index in [-0.39, 0.29) is 17.5 Å². The zero-order chi connectivity index (χ0) is 12.3. The molecule has 0 aliphatic carbocycles. The topological polar surface area (TPSA) is 38.5 Å². The average molecular weight is 230 g/mol. The van der Waals surface area contributed by atoms with Gasteiger partial charge < -0.3 is 15.4 Å². The highest BCUT2D eigenvalue weighted by Gasteiger charge is 2.16. The molecule has 0 bridgehead atoms. The molecule has 0 amide bonds. The molecule has 0 aliphatic rings. The second-order valence-electron chi connectivity index (χ2n) is 3.63. The van der Waals surface area contributed by atoms with Crippen molar-refractivity contribution < 1.29 is 13.5 Å². The van der Waals surface area contributed by atoms with Crippen molar-refractivity contribution in [2.24, 2.45) is 5.73 Å². The largest absolute Gasteiger partial charge is 0.494 e. The Labute approximate surface area is 93.8 Å². The summed E-state index contributed by atoms with van der Waals surface area (Å²) in [4.78, 5) is 1.60. The highest BCUT2D eigenvalue weighted by atomic mass is 19.1. The summed E-state index contributed by atoms with van der Waals surface area (Å²) >= 11 is 0. The van der Waals surface area contributed by atoms with E-state index in [1.54, 1.807) is 11.9 Å². The number of methoxy groups -OCH3 is 1. The molecule has 0 heterocycles. The van der Waals surface area contributed by atoms with Crippen molar-refractivity contribution in [3.05, 3.63) is 23.8 Å². The van der Waals surface area contributed by atoms with Gasteiger partial charge in [-0.15, -0.1) is 0 Å². The maximum atomic E-state index is 13.6. The number of halogens is 2. The first-order chi connectivity index (χ1) is 7.51. The summed E-state index contributed by atoms with van der Waals surface area (Å²) in [5.74, 6) is -1.22. The van der Waals surface area contributed by atoms with Crippen molar-refractivity contribution in [2.45, 2.75) is 13.0 Å². The Morgan fingerprint density at radius 3 is 2.50 bits per heavy atom. The van der Waals surface area contributed by atoms with Crippen LogP contribution >= 0.6 is 0 Å². The van der Waals surface area contributed by atoms with Crippen LogP contribution in [0.15, 0.2) is 12.1 Å². The van der Waals surface area contributed by atoms with Crippen LogP contribution in [-0.4, -0.2) is 26.7 Å². The van der Waals surface area contributed by atoms with Crippen LogP contribution in [-0.2, 0) is 0 Å². The van der Waals surface area contributed by atoms with E-state index in [0.717, 1.165) is 12.1 Å². The molecule has 1 aromatic rings. The molecule has 0 fully saturated rings. The highest BCUT2D eigenvalue weighted by molar-refractivity contribution is 5.51. The zero-order valence-corrected chi connectivity index (χ0v) is 9.63. The standard InChI is InChI=1S/C11H16F2N2O/c1-7(6-14)15(2)10-4-9(13)11(16-3)5-8(10)12/h4-5,7H,6,14H2,1-3H3. The highest BCUT2D eigenvalue weighted by Crippen LogP contribution is 2.27. The summed E-state index contributed by atoms with van der Waals surface area (Å²) in [5.41, 5.74) is 5.65. The van der Waals surface area contributed by atoms with Gasteiger partial charge in [-0.2, -0.15) is 0 Å². The third kappa shape index (κ3) is 2.41. The van der Waals surface area contributed by atoms with E-state index in [2.05, 4.69) is 4.74 Å². The summed E-state index contributed by atoms with van der Waals surface area (Å²) in [5, 5.41) is 0. The second kappa shape index (κ2) is 5.12. The minimum Gasteiger partial charge on any atom is -0.494 e. The smallest absolute Gasteiger partial charge is 0.167 e. The van der Waals surface area contributed by atoms with Crippen LogP contribution in [0.25, 0.3) is 0 Å². The van der Waals surface area contributed by atoms with Crippen molar-refractivity contribution in [1.82, 2.24) is 0 Å². The predicted molar refractivity (Wildman–Crippen MR) is 59.8 cm³/mol. The van der Waals surface area contributed by atoms with Crippen LogP contribution in [0.1, 0.15) is 6.92 Å². The maximum absolute atomic E-state index is 13.6. The van der Waals surface area contributed by atoms with Crippen molar-refractivity contribution in [1.29, 1.82) is 0 Å². The number of rotatable bonds is 4. The van der Waals surface area contributed by atoms with Crippen LogP contribution in [0.2, 0.25) is 0 Å². The summed E-state index contributed by atoms with van der Waals surface area (Å²) in [6.07, 6.45) is 0. The Morgan fingerprint density at radius 2 is 2.00 bits per heavy atom. The van der Waals surface area contributed by atoms with Gasteiger partial charge in [0.15, 0.2) is 11.6 Å². The van der Waals surface area contributed by atoms with E-state index in [0.29, 0.717) is 6.54 Å². The van der Waals surface area contributed by atoms with E-state index in [1.807, 2.05) is 6.92 Å². The normalized spacial score (nSPS) is 12.4. The number of hydrogen-bond donors (Lipinski definition) is 1. The van der Waals surface area contributed by atoms with E-state index in [4.69, 9.17) is 5.73 Å². The summed E-state index contributed by atoms with van der Waals surface area (Å²) in [6.45, 7) is 2.20. The molecule has 16 heavy (non-hydrogen) atoms. The van der Waals surface area contributed by atoms with Crippen molar-refractivity contribution in [3.8, 4) is 5.75 Å². The van der Waals surface area contributed by atoms with Crippen LogP contribution in [0, 0.1) is 11.6 Å². The number of benzene rings is 1. The summed E-state index contributed by atoms with van der Waals surface area (Å²) < 4.78 is 31.7. The van der Waals surface area contributed by atoms with Gasteiger partial charge in [-0.05, 0) is 6.92 Å². The molecule has 3 nitrogen and oxygen atoms in total. The molecule has 1 unspecified atom stereocenters. The van der Waals surface area contributed by atoms with E-state index >= 15 is 0 Å². The maximum Gasteiger partial charge on any atom is 0.167 e. The van der Waals surface area contributed by atoms with Gasteiger partial charge in [0.25, 0.3) is 0 Å². The lowest BCUT2D eigenvalue weighted by Gasteiger charge is -2.26. The summed E-state index contributed by atoms with van der Waals surface area (Å²) in [6, 6.07) is 2.08. The van der Waals surface area contributed by atoms with Crippen LogP contribution < -0.4 is 15.4 Å². The van der Waals surface area contributed by atoms with E-state index < -0.39 is 11.6 Å². The minimum absolute atomic E-state index is 0.0673. The molecular weight excluding hydrogens is 214 g/mol. The molecule has 0 spiro atoms. The molecule has 0 radical (unpaired) electrons. The zero-order valence-electron chi connectivity index (χ0n) is 9.63. The molecule has 0 aliphatic heterocycles. The first-order valence-electron chi connectivity index (χ1n) is 4.97. The molecule has 1 atom stereocenters. The van der Waals surface area contributed by atoms with Gasteiger partial charge >= 0.3 is 0 Å². The minimum atomic E-state index is -0.588. The lowest BCUT2D eigenvalue weighted by Crippen LogP contribution is -2.35. The quantitative estimate of drug-likeness (QED) is 0.856. The lowest BCUT2D eigenvalue weighted by molar-refractivity contribution is 0.382. The third-order valence-electron chi connectivity index (χ3n) is 2.60. The summed E-state index contributed by atoms with van der Waals surface area (Å²) in [7, 11) is 2.96. The van der Waals surface area contributed by atoms with Gasteiger partial charge in [-0.1, -0.05) is 0 Å². The second-order valence-corrected chi connectivity index (χ2v) is 3.63. The Hall–Kier alpha value is -1.36. The van der Waals surface area contributed by atoms with Gasteiger partial charge in [0.05, 0.1) is 12.8 Å². The number of nitrogens with zero attached hydrogens (tertiary/aromatic N) is 1. The van der Waals surface area contributed by atoms with Crippen LogP contribution in [0.3, 0.4) is 0 Å². The first-order valence-corrected chi connectivity index (χ1v) is 4.97. The molecule has 0 saturated carbocycles. The molecule has 1 rings (SSSR count). The van der Waals surface area contributed by atoms with Gasteiger partial charge in [0.1, 0.15) is 5.82 Å². The third-order valence-corrected chi connectivity index (χ3v) is 2.60. The van der Waals surface area contributed by atoms with Crippen molar-refractivity contribution in [2.75, 3.05) is 25.6 Å². The van der Waals surface area contributed by atoms with Gasteiger partial charge in [0, 0.05) is 31.8 Å². The fourth-order valence-electron chi connectivity index (χ4n) is 1.34. The molecule has 0 aromatic heterocycles. The Balaban J connectivity index is 3.10. The molecular formula is C11H16F2N2O. The number of nitrogens with two attached hydrogens (primary N) is 1. The predicted octanol–water partition coefficient (Wildman–Crippen LogP) is 1.76. The number of anilines is 1. The average Bonchev–Trinajstić information content (AvgIpc) is 2.29. The van der Waals surface area contributed by atoms with Gasteiger partial charge in [0.2, 0.25) is 0 Å². The number of ether oxygens (including phenoxy) is 1. The van der Waals surface area contributed by atoms with Gasteiger partial charge in [-0.25, -0.2) is 8.78 Å². The molecule has 0 saturated heterocycles. The van der Waals surface area contributed by atoms with E-state index in [1.165, 1.54) is 7.11 Å². The fraction of sp³-hybridized carbons (Fsp3) is 0.455. The fourth-order valence-corrected chi connectivity index (χ4v) is 1.34. The van der Waals surface area contributed by atoms with E-state index in [9.17, 15) is 8.78 Å². The molecule has 2 N–H and O–H groups in total. The van der Waals surface area contributed by atoms with Crippen LogP contribution in [0.5, 0.6) is 5.75 Å². The Kier molecular flexibility index (Phi) is 4.06. The Bertz CT molecular complexity index is 371. The molecule has 5 heteroatoms. The monoisotopic (exact) mass is 230 g/mol. The number of hydrogen-bond acceptors (Lipinski definition) is 3. The van der Waals surface area contributed by atoms with Gasteiger partial charge in [-0.3, -0.25) is 0 Å². The molecule has 1 aromatic carbocycles. The van der Waals surface area contributed by atoms with Crippen LogP contribution in [0.4, 0.5) is 14.5 Å². The lowest BCUT2D eigenvalue weighted by atomic mass is 10.2. The Morgan fingerprint density at radius 1 is 1.38 bits per heavy atom. The van der Waals surface area contributed by atoms with Crippen molar-refractivity contribution >= 4 is 5.69 Å².